The van der Waals surface area contributed by atoms with E-state index in [0.29, 0.717) is 12.5 Å². The van der Waals surface area contributed by atoms with Gasteiger partial charge in [-0.2, -0.15) is 0 Å². The van der Waals surface area contributed by atoms with Crippen molar-refractivity contribution in [3.05, 3.63) is 34.9 Å². The van der Waals surface area contributed by atoms with Gasteiger partial charge in [0, 0.05) is 6.04 Å². The van der Waals surface area contributed by atoms with Crippen molar-refractivity contribution in [2.24, 2.45) is 5.92 Å². The highest BCUT2D eigenvalue weighted by Gasteiger charge is 2.36. The number of rotatable bonds is 3. The Hall–Kier alpha value is -1.35. The number of hydrogen-bond acceptors (Lipinski definition) is 2. The molecular weight excluding hydrogens is 236 g/mol. The standard InChI is InChI=1S/C16H24N2O/c1-10(2)13(5)18-15(19)9-17-16(18)14-8-11(3)6-7-12(14)4/h6-8,10,13,16-17H,9H2,1-5H3. The predicted octanol–water partition coefficient (Wildman–Crippen LogP) is 2.78. The highest BCUT2D eigenvalue weighted by atomic mass is 16.2. The zero-order valence-electron chi connectivity index (χ0n) is 12.5. The molecule has 1 heterocycles. The van der Waals surface area contributed by atoms with Crippen LogP contribution in [-0.4, -0.2) is 23.4 Å². The SMILES string of the molecule is Cc1ccc(C)c(C2NCC(=O)N2C(C)C(C)C)c1. The predicted molar refractivity (Wildman–Crippen MR) is 77.8 cm³/mol. The number of carbonyl (C=O) groups excluding carboxylic acids is 1. The van der Waals surface area contributed by atoms with Crippen molar-refractivity contribution in [2.45, 2.75) is 46.8 Å². The van der Waals surface area contributed by atoms with Crippen LogP contribution in [0.2, 0.25) is 0 Å². The molecule has 1 saturated heterocycles. The minimum absolute atomic E-state index is 0.0183. The normalized spacial score (nSPS) is 21.3. The van der Waals surface area contributed by atoms with Crippen molar-refractivity contribution >= 4 is 5.91 Å². The smallest absolute Gasteiger partial charge is 0.238 e. The number of hydrogen-bond donors (Lipinski definition) is 1. The second kappa shape index (κ2) is 5.33. The average Bonchev–Trinajstić information content (AvgIpc) is 2.73. The van der Waals surface area contributed by atoms with Gasteiger partial charge in [-0.3, -0.25) is 10.1 Å². The van der Waals surface area contributed by atoms with Gasteiger partial charge in [0.2, 0.25) is 5.91 Å². The largest absolute Gasteiger partial charge is 0.319 e. The molecule has 1 amide bonds. The van der Waals surface area contributed by atoms with Crippen molar-refractivity contribution in [1.82, 2.24) is 10.2 Å². The highest BCUT2D eigenvalue weighted by Crippen LogP contribution is 2.29. The Morgan fingerprint density at radius 1 is 1.26 bits per heavy atom. The monoisotopic (exact) mass is 260 g/mol. The molecule has 19 heavy (non-hydrogen) atoms. The Kier molecular flexibility index (Phi) is 3.95. The number of benzene rings is 1. The number of nitrogens with one attached hydrogen (secondary N) is 1. The van der Waals surface area contributed by atoms with Gasteiger partial charge in [-0.05, 0) is 37.8 Å². The Morgan fingerprint density at radius 3 is 2.58 bits per heavy atom. The second-order valence-electron chi connectivity index (χ2n) is 5.93. The van der Waals surface area contributed by atoms with Gasteiger partial charge >= 0.3 is 0 Å². The van der Waals surface area contributed by atoms with E-state index < -0.39 is 0 Å². The van der Waals surface area contributed by atoms with Crippen LogP contribution in [0.4, 0.5) is 0 Å². The molecule has 0 saturated carbocycles. The van der Waals surface area contributed by atoms with Crippen LogP contribution in [0.3, 0.4) is 0 Å². The van der Waals surface area contributed by atoms with Gasteiger partial charge in [-0.1, -0.05) is 37.6 Å². The molecule has 0 radical (unpaired) electrons. The molecule has 2 unspecified atom stereocenters. The lowest BCUT2D eigenvalue weighted by Crippen LogP contribution is -2.41. The van der Waals surface area contributed by atoms with Crippen LogP contribution in [0.15, 0.2) is 18.2 Å². The van der Waals surface area contributed by atoms with Crippen LogP contribution in [0, 0.1) is 19.8 Å². The molecule has 1 N–H and O–H groups in total. The first-order valence-corrected chi connectivity index (χ1v) is 7.03. The zero-order chi connectivity index (χ0) is 14.2. The van der Waals surface area contributed by atoms with Crippen molar-refractivity contribution in [2.75, 3.05) is 6.54 Å². The second-order valence-corrected chi connectivity index (χ2v) is 5.93. The van der Waals surface area contributed by atoms with E-state index in [1.54, 1.807) is 0 Å². The summed E-state index contributed by atoms with van der Waals surface area (Å²) in [5.74, 6) is 0.656. The Morgan fingerprint density at radius 2 is 1.95 bits per heavy atom. The van der Waals surface area contributed by atoms with E-state index in [9.17, 15) is 4.79 Å². The van der Waals surface area contributed by atoms with Gasteiger partial charge in [0.25, 0.3) is 0 Å². The third-order valence-electron chi connectivity index (χ3n) is 4.15. The molecule has 104 valence electrons. The molecule has 0 aromatic heterocycles. The number of amides is 1. The number of aryl methyl sites for hydroxylation is 2. The maximum Gasteiger partial charge on any atom is 0.238 e. The Labute approximate surface area is 116 Å². The number of nitrogens with zero attached hydrogens (tertiary/aromatic N) is 1. The third-order valence-corrected chi connectivity index (χ3v) is 4.15. The van der Waals surface area contributed by atoms with E-state index in [1.165, 1.54) is 16.7 Å². The minimum atomic E-state index is 0.0183. The molecule has 0 spiro atoms. The lowest BCUT2D eigenvalue weighted by molar-refractivity contribution is -0.130. The summed E-state index contributed by atoms with van der Waals surface area (Å²) in [7, 11) is 0. The maximum absolute atomic E-state index is 12.2. The molecule has 1 fully saturated rings. The first-order valence-electron chi connectivity index (χ1n) is 7.03. The van der Waals surface area contributed by atoms with E-state index in [4.69, 9.17) is 0 Å². The Bertz CT molecular complexity index is 482. The molecule has 1 aromatic rings. The van der Waals surface area contributed by atoms with Gasteiger partial charge < -0.3 is 4.90 Å². The van der Waals surface area contributed by atoms with E-state index in [-0.39, 0.29) is 18.1 Å². The summed E-state index contributed by atoms with van der Waals surface area (Å²) in [5, 5.41) is 3.35. The fourth-order valence-electron chi connectivity index (χ4n) is 2.62. The summed E-state index contributed by atoms with van der Waals surface area (Å²) >= 11 is 0. The number of carbonyl (C=O) groups is 1. The van der Waals surface area contributed by atoms with E-state index in [2.05, 4.69) is 58.1 Å². The van der Waals surface area contributed by atoms with Crippen LogP contribution < -0.4 is 5.32 Å². The van der Waals surface area contributed by atoms with Crippen molar-refractivity contribution in [3.8, 4) is 0 Å². The Balaban J connectivity index is 2.37. The molecule has 0 aliphatic carbocycles. The first-order chi connectivity index (χ1) is 8.91. The summed E-state index contributed by atoms with van der Waals surface area (Å²) in [6.45, 7) is 11.1. The summed E-state index contributed by atoms with van der Waals surface area (Å²) in [5.41, 5.74) is 3.69. The van der Waals surface area contributed by atoms with Gasteiger partial charge in [0.15, 0.2) is 0 Å². The van der Waals surface area contributed by atoms with E-state index in [1.807, 2.05) is 4.90 Å². The molecule has 0 bridgehead atoms. The van der Waals surface area contributed by atoms with Gasteiger partial charge in [0.1, 0.15) is 6.17 Å². The van der Waals surface area contributed by atoms with Gasteiger partial charge in [-0.15, -0.1) is 0 Å². The van der Waals surface area contributed by atoms with E-state index in [0.717, 1.165) is 0 Å². The lowest BCUT2D eigenvalue weighted by Gasteiger charge is -2.33. The molecule has 1 aliphatic rings. The highest BCUT2D eigenvalue weighted by molar-refractivity contribution is 5.81. The fourth-order valence-corrected chi connectivity index (χ4v) is 2.62. The third kappa shape index (κ3) is 2.66. The molecule has 2 rings (SSSR count). The average molecular weight is 260 g/mol. The zero-order valence-corrected chi connectivity index (χ0v) is 12.5. The lowest BCUT2D eigenvalue weighted by atomic mass is 9.99. The van der Waals surface area contributed by atoms with Crippen LogP contribution >= 0.6 is 0 Å². The van der Waals surface area contributed by atoms with Crippen molar-refractivity contribution < 1.29 is 4.79 Å². The van der Waals surface area contributed by atoms with Crippen LogP contribution in [-0.2, 0) is 4.79 Å². The molecule has 3 heteroatoms. The molecule has 1 aromatic carbocycles. The topological polar surface area (TPSA) is 32.3 Å². The summed E-state index contributed by atoms with van der Waals surface area (Å²) in [6, 6.07) is 6.68. The van der Waals surface area contributed by atoms with Crippen molar-refractivity contribution in [1.29, 1.82) is 0 Å². The first kappa shape index (κ1) is 14.1. The molecule has 3 nitrogen and oxygen atoms in total. The van der Waals surface area contributed by atoms with Gasteiger partial charge in [-0.25, -0.2) is 0 Å². The minimum Gasteiger partial charge on any atom is -0.319 e. The summed E-state index contributed by atoms with van der Waals surface area (Å²) in [6.07, 6.45) is 0.0183. The molecular formula is C16H24N2O. The fraction of sp³-hybridized carbons (Fsp3) is 0.562. The van der Waals surface area contributed by atoms with Gasteiger partial charge in [0.05, 0.1) is 6.54 Å². The van der Waals surface area contributed by atoms with Crippen LogP contribution in [0.1, 0.15) is 43.6 Å². The van der Waals surface area contributed by atoms with Crippen LogP contribution in [0.25, 0.3) is 0 Å². The van der Waals surface area contributed by atoms with Crippen molar-refractivity contribution in [3.63, 3.8) is 0 Å². The maximum atomic E-state index is 12.2. The summed E-state index contributed by atoms with van der Waals surface area (Å²) < 4.78 is 0. The quantitative estimate of drug-likeness (QED) is 0.906. The molecule has 1 aliphatic heterocycles. The van der Waals surface area contributed by atoms with E-state index >= 15 is 0 Å². The summed E-state index contributed by atoms with van der Waals surface area (Å²) in [4.78, 5) is 14.2. The molecule has 2 atom stereocenters. The van der Waals surface area contributed by atoms with Crippen LogP contribution in [0.5, 0.6) is 0 Å².